The van der Waals surface area contributed by atoms with E-state index in [1.165, 1.54) is 13.8 Å². The highest BCUT2D eigenvalue weighted by atomic mass is 35.5. The number of rotatable bonds is 3. The number of ketones is 1. The van der Waals surface area contributed by atoms with Crippen molar-refractivity contribution in [3.63, 3.8) is 0 Å². The first-order valence-corrected chi connectivity index (χ1v) is 5.37. The topological polar surface area (TPSA) is 63.2 Å². The Kier molecular flexibility index (Phi) is 4.40. The molecule has 0 bridgehead atoms. The first kappa shape index (κ1) is 13.4. The number of halogens is 1. The molecule has 0 aliphatic heterocycles. The number of Topliss-reactive ketones (excluding diaryl/α,β-unsaturated/α-hetero) is 1. The van der Waals surface area contributed by atoms with Gasteiger partial charge in [-0.3, -0.25) is 19.7 Å². The first-order valence-electron chi connectivity index (χ1n) is 4.99. The van der Waals surface area contributed by atoms with E-state index in [1.54, 1.807) is 24.3 Å². The van der Waals surface area contributed by atoms with Gasteiger partial charge in [-0.25, -0.2) is 0 Å². The van der Waals surface area contributed by atoms with E-state index in [1.807, 2.05) is 0 Å². The minimum absolute atomic E-state index is 0.328. The van der Waals surface area contributed by atoms with Gasteiger partial charge in [-0.15, -0.1) is 0 Å². The summed E-state index contributed by atoms with van der Waals surface area (Å²) in [6.07, 6.45) is 0. The van der Waals surface area contributed by atoms with Gasteiger partial charge < -0.3 is 0 Å². The van der Waals surface area contributed by atoms with E-state index >= 15 is 0 Å². The van der Waals surface area contributed by atoms with Gasteiger partial charge >= 0.3 is 0 Å². The van der Waals surface area contributed by atoms with Crippen LogP contribution >= 0.6 is 11.6 Å². The summed E-state index contributed by atoms with van der Waals surface area (Å²) in [5.41, 5.74) is 0.514. The van der Waals surface area contributed by atoms with Crippen molar-refractivity contribution in [1.29, 1.82) is 0 Å². The molecule has 1 N–H and O–H groups in total. The van der Waals surface area contributed by atoms with Gasteiger partial charge in [0.1, 0.15) is 11.7 Å². The summed E-state index contributed by atoms with van der Waals surface area (Å²) < 4.78 is 0. The van der Waals surface area contributed by atoms with Crippen LogP contribution in [0.25, 0.3) is 0 Å². The summed E-state index contributed by atoms with van der Waals surface area (Å²) in [6, 6.07) is 6.37. The molecule has 0 fully saturated rings. The molecule has 1 rings (SSSR count). The van der Waals surface area contributed by atoms with Crippen molar-refractivity contribution < 1.29 is 14.4 Å². The molecule has 17 heavy (non-hydrogen) atoms. The molecule has 0 saturated carbocycles. The zero-order chi connectivity index (χ0) is 13.0. The van der Waals surface area contributed by atoms with Crippen molar-refractivity contribution in [3.8, 4) is 0 Å². The fourth-order valence-electron chi connectivity index (χ4n) is 1.47. The highest BCUT2D eigenvalue weighted by Crippen LogP contribution is 2.19. The molecule has 5 heteroatoms. The van der Waals surface area contributed by atoms with Crippen molar-refractivity contribution in [1.82, 2.24) is 5.32 Å². The predicted molar refractivity (Wildman–Crippen MR) is 63.7 cm³/mol. The summed E-state index contributed by atoms with van der Waals surface area (Å²) in [5.74, 6) is -2.41. The summed E-state index contributed by atoms with van der Waals surface area (Å²) >= 11 is 5.72. The molecule has 0 aliphatic carbocycles. The van der Waals surface area contributed by atoms with E-state index in [-0.39, 0.29) is 5.78 Å². The molecular formula is C12H12ClNO3. The smallest absolute Gasteiger partial charge is 0.241 e. The predicted octanol–water partition coefficient (Wildman–Crippen LogP) is 1.68. The van der Waals surface area contributed by atoms with E-state index < -0.39 is 17.7 Å². The molecular weight excluding hydrogens is 242 g/mol. The minimum Gasteiger partial charge on any atom is -0.299 e. The number of benzene rings is 1. The Bertz CT molecular complexity index is 453. The minimum atomic E-state index is -0.976. The Balaban J connectivity index is 3.01. The maximum absolute atomic E-state index is 11.7. The van der Waals surface area contributed by atoms with Crippen LogP contribution in [0.15, 0.2) is 24.3 Å². The number of hydrogen-bond acceptors (Lipinski definition) is 3. The third kappa shape index (κ3) is 3.67. The van der Waals surface area contributed by atoms with Crippen molar-refractivity contribution in [2.45, 2.75) is 19.8 Å². The van der Waals surface area contributed by atoms with Gasteiger partial charge in [-0.2, -0.15) is 0 Å². The molecule has 90 valence electrons. The zero-order valence-electron chi connectivity index (χ0n) is 9.49. The highest BCUT2D eigenvalue weighted by Gasteiger charge is 2.25. The van der Waals surface area contributed by atoms with Crippen LogP contribution in [0, 0.1) is 0 Å². The molecule has 4 nitrogen and oxygen atoms in total. The van der Waals surface area contributed by atoms with Gasteiger partial charge in [0.15, 0.2) is 0 Å². The molecule has 0 saturated heterocycles. The molecule has 0 spiro atoms. The van der Waals surface area contributed by atoms with Crippen LogP contribution in [0.2, 0.25) is 5.02 Å². The average molecular weight is 254 g/mol. The van der Waals surface area contributed by atoms with Crippen LogP contribution in [0.3, 0.4) is 0 Å². The zero-order valence-corrected chi connectivity index (χ0v) is 10.2. The summed E-state index contributed by atoms with van der Waals surface area (Å²) in [6.45, 7) is 2.52. The van der Waals surface area contributed by atoms with Crippen LogP contribution in [0.4, 0.5) is 0 Å². The molecule has 0 radical (unpaired) electrons. The Labute approximate surface area is 104 Å². The molecule has 0 heterocycles. The number of nitrogens with one attached hydrogen (secondary N) is 1. The standard InChI is InChI=1S/C12H12ClNO3/c1-7(15)11(12(17)14-8(2)16)9-3-5-10(13)6-4-9/h3-6,11H,1-2H3,(H,14,16,17). The van der Waals surface area contributed by atoms with Crippen LogP contribution in [0.1, 0.15) is 25.3 Å². The molecule has 1 aromatic carbocycles. The van der Waals surface area contributed by atoms with Gasteiger partial charge in [0.25, 0.3) is 0 Å². The first-order chi connectivity index (χ1) is 7.91. The monoisotopic (exact) mass is 253 g/mol. The summed E-state index contributed by atoms with van der Waals surface area (Å²) in [7, 11) is 0. The summed E-state index contributed by atoms with van der Waals surface area (Å²) in [5, 5.41) is 2.62. The lowest BCUT2D eigenvalue weighted by molar-refractivity contribution is -0.133. The van der Waals surface area contributed by atoms with Gasteiger partial charge in [0.05, 0.1) is 0 Å². The van der Waals surface area contributed by atoms with Crippen molar-refractivity contribution in [2.24, 2.45) is 0 Å². The lowest BCUT2D eigenvalue weighted by atomic mass is 9.94. The third-order valence-electron chi connectivity index (χ3n) is 2.17. The van der Waals surface area contributed by atoms with Crippen LogP contribution in [-0.2, 0) is 14.4 Å². The fraction of sp³-hybridized carbons (Fsp3) is 0.250. The van der Waals surface area contributed by atoms with Gasteiger partial charge in [-0.05, 0) is 24.6 Å². The fourth-order valence-corrected chi connectivity index (χ4v) is 1.60. The lowest BCUT2D eigenvalue weighted by Gasteiger charge is -2.12. The van der Waals surface area contributed by atoms with Crippen LogP contribution < -0.4 is 5.32 Å². The molecule has 0 aromatic heterocycles. The summed E-state index contributed by atoms with van der Waals surface area (Å²) in [4.78, 5) is 33.9. The van der Waals surface area contributed by atoms with E-state index in [2.05, 4.69) is 5.32 Å². The van der Waals surface area contributed by atoms with Crippen molar-refractivity contribution >= 4 is 29.2 Å². The number of hydrogen-bond donors (Lipinski definition) is 1. The van der Waals surface area contributed by atoms with Gasteiger partial charge in [0, 0.05) is 11.9 Å². The highest BCUT2D eigenvalue weighted by molar-refractivity contribution is 6.30. The quantitative estimate of drug-likeness (QED) is 0.834. The molecule has 1 atom stereocenters. The van der Waals surface area contributed by atoms with Crippen LogP contribution in [-0.4, -0.2) is 17.6 Å². The van der Waals surface area contributed by atoms with E-state index in [0.29, 0.717) is 10.6 Å². The second-order valence-electron chi connectivity index (χ2n) is 3.64. The lowest BCUT2D eigenvalue weighted by Crippen LogP contribution is -2.35. The Morgan fingerprint density at radius 1 is 1.12 bits per heavy atom. The second kappa shape index (κ2) is 5.59. The van der Waals surface area contributed by atoms with Gasteiger partial charge in [-0.1, -0.05) is 23.7 Å². The number of imide groups is 1. The Hall–Kier alpha value is -1.68. The Morgan fingerprint density at radius 3 is 2.06 bits per heavy atom. The largest absolute Gasteiger partial charge is 0.299 e. The van der Waals surface area contributed by atoms with E-state index in [0.717, 1.165) is 0 Å². The third-order valence-corrected chi connectivity index (χ3v) is 2.42. The number of carbonyl (C=O) groups excluding carboxylic acids is 3. The number of amides is 2. The van der Waals surface area contributed by atoms with Gasteiger partial charge in [0.2, 0.25) is 11.8 Å². The average Bonchev–Trinajstić information content (AvgIpc) is 2.19. The van der Waals surface area contributed by atoms with Crippen molar-refractivity contribution in [2.75, 3.05) is 0 Å². The van der Waals surface area contributed by atoms with Crippen LogP contribution in [0.5, 0.6) is 0 Å². The molecule has 1 aromatic rings. The van der Waals surface area contributed by atoms with E-state index in [9.17, 15) is 14.4 Å². The van der Waals surface area contributed by atoms with Crippen molar-refractivity contribution in [3.05, 3.63) is 34.9 Å². The normalized spacial score (nSPS) is 11.7. The Morgan fingerprint density at radius 2 is 1.65 bits per heavy atom. The molecule has 2 amide bonds. The SMILES string of the molecule is CC(=O)NC(=O)C(C(C)=O)c1ccc(Cl)cc1. The maximum Gasteiger partial charge on any atom is 0.241 e. The molecule has 1 unspecified atom stereocenters. The molecule has 0 aliphatic rings. The van der Waals surface area contributed by atoms with E-state index in [4.69, 9.17) is 11.6 Å². The number of carbonyl (C=O) groups is 3. The maximum atomic E-state index is 11.7. The second-order valence-corrected chi connectivity index (χ2v) is 4.08.